The number of amides is 1. The first-order valence-electron chi connectivity index (χ1n) is 9.33. The fourth-order valence-electron chi connectivity index (χ4n) is 3.46. The Morgan fingerprint density at radius 2 is 2.25 bits per heavy atom. The van der Waals surface area contributed by atoms with Gasteiger partial charge in [-0.2, -0.15) is 4.98 Å². The van der Waals surface area contributed by atoms with E-state index in [0.717, 1.165) is 24.8 Å². The molecule has 4 rings (SSSR count). The van der Waals surface area contributed by atoms with Gasteiger partial charge < -0.3 is 14.3 Å². The zero-order valence-electron chi connectivity index (χ0n) is 15.8. The maximum atomic E-state index is 13.0. The lowest BCUT2D eigenvalue weighted by atomic mass is 9.87. The minimum Gasteiger partial charge on any atom is -0.461 e. The molecule has 1 atom stereocenters. The maximum absolute atomic E-state index is 13.0. The summed E-state index contributed by atoms with van der Waals surface area (Å²) in [6.45, 7) is 3.94. The molecule has 0 aliphatic heterocycles. The Morgan fingerprint density at radius 3 is 2.96 bits per heavy atom. The number of anilines is 1. The van der Waals surface area contributed by atoms with Gasteiger partial charge in [-0.3, -0.25) is 9.59 Å². The van der Waals surface area contributed by atoms with Crippen molar-refractivity contribution in [1.29, 1.82) is 0 Å². The topological polar surface area (TPSA) is 98.2 Å². The fraction of sp³-hybridized carbons (Fsp3) is 0.400. The molecular weight excluding hydrogens is 378 g/mol. The maximum Gasteiger partial charge on any atom is 0.231 e. The molecule has 8 heteroatoms. The normalized spacial score (nSPS) is 16.0. The van der Waals surface area contributed by atoms with Crippen LogP contribution in [0.1, 0.15) is 58.0 Å². The molecule has 1 N–H and O–H groups in total. The first-order chi connectivity index (χ1) is 13.5. The van der Waals surface area contributed by atoms with Crippen molar-refractivity contribution in [3.8, 4) is 0 Å². The lowest BCUT2D eigenvalue weighted by molar-refractivity contribution is -0.116. The number of hydrogen-bond acceptors (Lipinski definition) is 7. The molecule has 1 aliphatic rings. The van der Waals surface area contributed by atoms with Crippen LogP contribution in [0.2, 0.25) is 0 Å². The smallest absolute Gasteiger partial charge is 0.231 e. The van der Waals surface area contributed by atoms with Gasteiger partial charge in [-0.25, -0.2) is 0 Å². The standard InChI is InChI=1S/C20H21N3O4S/c1-11-5-6-13-15(10-11)28-20(18(13)19(25)14-4-3-9-26-14)22-16(24)7-8-17-21-12(2)23-27-17/h3-4,9,11H,5-8,10H2,1-2H3,(H,22,24). The number of hydrogen-bond donors (Lipinski definition) is 1. The summed E-state index contributed by atoms with van der Waals surface area (Å²) in [5.74, 6) is 1.47. The molecule has 0 bridgehead atoms. The molecule has 7 nitrogen and oxygen atoms in total. The minimum absolute atomic E-state index is 0.181. The molecule has 28 heavy (non-hydrogen) atoms. The van der Waals surface area contributed by atoms with Gasteiger partial charge in [-0.05, 0) is 49.8 Å². The van der Waals surface area contributed by atoms with E-state index in [1.54, 1.807) is 19.1 Å². The van der Waals surface area contributed by atoms with E-state index in [9.17, 15) is 9.59 Å². The fourth-order valence-corrected chi connectivity index (χ4v) is 4.89. The molecule has 1 aliphatic carbocycles. The highest BCUT2D eigenvalue weighted by Gasteiger charge is 2.29. The Kier molecular flexibility index (Phi) is 5.13. The van der Waals surface area contributed by atoms with Gasteiger partial charge in [0.1, 0.15) is 5.00 Å². The first-order valence-corrected chi connectivity index (χ1v) is 10.1. The van der Waals surface area contributed by atoms with Gasteiger partial charge in [0.2, 0.25) is 17.6 Å². The summed E-state index contributed by atoms with van der Waals surface area (Å²) >= 11 is 1.50. The number of furan rings is 1. The third-order valence-electron chi connectivity index (χ3n) is 4.87. The second kappa shape index (κ2) is 7.71. The number of aromatic nitrogens is 2. The van der Waals surface area contributed by atoms with Crippen LogP contribution in [0.3, 0.4) is 0 Å². The van der Waals surface area contributed by atoms with Crippen molar-refractivity contribution in [3.63, 3.8) is 0 Å². The van der Waals surface area contributed by atoms with Gasteiger partial charge >= 0.3 is 0 Å². The van der Waals surface area contributed by atoms with Gasteiger partial charge in [0.25, 0.3) is 0 Å². The van der Waals surface area contributed by atoms with Crippen LogP contribution in [0.5, 0.6) is 0 Å². The summed E-state index contributed by atoms with van der Waals surface area (Å²) in [5, 5.41) is 7.26. The summed E-state index contributed by atoms with van der Waals surface area (Å²) in [6, 6.07) is 3.35. The Balaban J connectivity index is 1.57. The van der Waals surface area contributed by atoms with Crippen molar-refractivity contribution in [2.75, 3.05) is 5.32 Å². The monoisotopic (exact) mass is 399 g/mol. The number of aryl methyl sites for hydroxylation is 2. The molecule has 146 valence electrons. The van der Waals surface area contributed by atoms with Crippen molar-refractivity contribution in [2.24, 2.45) is 5.92 Å². The molecule has 0 radical (unpaired) electrons. The number of carbonyl (C=O) groups is 2. The minimum atomic E-state index is -0.184. The predicted octanol–water partition coefficient (Wildman–Crippen LogP) is 3.96. The molecule has 0 fully saturated rings. The van der Waals surface area contributed by atoms with Crippen LogP contribution in [-0.2, 0) is 24.1 Å². The van der Waals surface area contributed by atoms with Gasteiger partial charge in [0.15, 0.2) is 11.6 Å². The molecule has 0 aromatic carbocycles. The van der Waals surface area contributed by atoms with Crippen LogP contribution in [0.15, 0.2) is 27.3 Å². The molecule has 3 aromatic rings. The number of nitrogens with zero attached hydrogens (tertiary/aromatic N) is 2. The van der Waals surface area contributed by atoms with Crippen LogP contribution in [-0.4, -0.2) is 21.8 Å². The van der Waals surface area contributed by atoms with E-state index >= 15 is 0 Å². The lowest BCUT2D eigenvalue weighted by Gasteiger charge is -2.18. The van der Waals surface area contributed by atoms with Crippen molar-refractivity contribution in [1.82, 2.24) is 10.1 Å². The van der Waals surface area contributed by atoms with E-state index in [0.29, 0.717) is 34.6 Å². The highest BCUT2D eigenvalue weighted by Crippen LogP contribution is 2.40. The summed E-state index contributed by atoms with van der Waals surface area (Å²) in [7, 11) is 0. The molecule has 0 saturated carbocycles. The second-order valence-corrected chi connectivity index (χ2v) is 8.25. The number of nitrogens with one attached hydrogen (secondary N) is 1. The number of fused-ring (bicyclic) bond motifs is 1. The average molecular weight is 399 g/mol. The van der Waals surface area contributed by atoms with Crippen LogP contribution in [0.25, 0.3) is 0 Å². The van der Waals surface area contributed by atoms with Crippen molar-refractivity contribution >= 4 is 28.0 Å². The molecule has 0 saturated heterocycles. The van der Waals surface area contributed by atoms with Crippen LogP contribution in [0, 0.1) is 12.8 Å². The lowest BCUT2D eigenvalue weighted by Crippen LogP contribution is -2.16. The molecule has 3 aromatic heterocycles. The molecule has 1 unspecified atom stereocenters. The van der Waals surface area contributed by atoms with Gasteiger partial charge in [-0.1, -0.05) is 12.1 Å². The van der Waals surface area contributed by atoms with Crippen LogP contribution in [0.4, 0.5) is 5.00 Å². The average Bonchev–Trinajstić information content (AvgIpc) is 3.39. The predicted molar refractivity (Wildman–Crippen MR) is 104 cm³/mol. The summed E-state index contributed by atoms with van der Waals surface area (Å²) in [6.07, 6.45) is 4.84. The highest BCUT2D eigenvalue weighted by atomic mass is 32.1. The van der Waals surface area contributed by atoms with E-state index in [-0.39, 0.29) is 23.9 Å². The zero-order chi connectivity index (χ0) is 19.7. The number of ketones is 1. The molecular formula is C20H21N3O4S. The van der Waals surface area contributed by atoms with Crippen LogP contribution < -0.4 is 5.32 Å². The number of rotatable bonds is 6. The summed E-state index contributed by atoms with van der Waals surface area (Å²) in [5.41, 5.74) is 1.62. The first kappa shape index (κ1) is 18.6. The quantitative estimate of drug-likeness (QED) is 0.630. The van der Waals surface area contributed by atoms with E-state index in [2.05, 4.69) is 22.4 Å². The molecule has 3 heterocycles. The van der Waals surface area contributed by atoms with E-state index in [1.807, 2.05) is 0 Å². The van der Waals surface area contributed by atoms with E-state index in [1.165, 1.54) is 22.5 Å². The van der Waals surface area contributed by atoms with E-state index < -0.39 is 0 Å². The zero-order valence-corrected chi connectivity index (χ0v) is 16.6. The Morgan fingerprint density at radius 1 is 1.39 bits per heavy atom. The van der Waals surface area contributed by atoms with Crippen molar-refractivity contribution in [2.45, 2.75) is 46.0 Å². The second-order valence-electron chi connectivity index (χ2n) is 7.15. The number of carbonyl (C=O) groups excluding carboxylic acids is 2. The Labute approximate surface area is 166 Å². The third kappa shape index (κ3) is 3.77. The van der Waals surface area contributed by atoms with Crippen molar-refractivity contribution in [3.05, 3.63) is 51.9 Å². The largest absolute Gasteiger partial charge is 0.461 e. The summed E-state index contributed by atoms with van der Waals surface area (Å²) < 4.78 is 10.4. The van der Waals surface area contributed by atoms with Gasteiger partial charge in [0, 0.05) is 17.7 Å². The third-order valence-corrected chi connectivity index (χ3v) is 6.04. The highest BCUT2D eigenvalue weighted by molar-refractivity contribution is 7.17. The van der Waals surface area contributed by atoms with Gasteiger partial charge in [0.05, 0.1) is 11.8 Å². The Hall–Kier alpha value is -2.74. The van der Waals surface area contributed by atoms with Crippen LogP contribution >= 0.6 is 11.3 Å². The molecule has 0 spiro atoms. The SMILES string of the molecule is Cc1noc(CCC(=O)Nc2sc3c(c2C(=O)c2ccco2)CCC(C)C3)n1. The summed E-state index contributed by atoms with van der Waals surface area (Å²) in [4.78, 5) is 30.8. The van der Waals surface area contributed by atoms with Crippen molar-refractivity contribution < 1.29 is 18.5 Å². The van der Waals surface area contributed by atoms with Gasteiger partial charge in [-0.15, -0.1) is 11.3 Å². The van der Waals surface area contributed by atoms with E-state index in [4.69, 9.17) is 8.94 Å². The Bertz CT molecular complexity index is 1000. The molecule has 1 amide bonds. The number of thiophene rings is 1.